The van der Waals surface area contributed by atoms with Gasteiger partial charge in [0.1, 0.15) is 0 Å². The number of aliphatic hydroxyl groups excluding tert-OH is 1. The summed E-state index contributed by atoms with van der Waals surface area (Å²) in [6.07, 6.45) is 2.48. The lowest BCUT2D eigenvalue weighted by Crippen LogP contribution is -2.21. The summed E-state index contributed by atoms with van der Waals surface area (Å²) in [5.74, 6) is 0.452. The van der Waals surface area contributed by atoms with Gasteiger partial charge >= 0.3 is 0 Å². The largest absolute Gasteiger partial charge is 0.393 e. The fraction of sp³-hybridized carbons (Fsp3) is 0.538. The highest BCUT2D eigenvalue weighted by atomic mass is 35.5. The number of nitro groups is 1. The van der Waals surface area contributed by atoms with Gasteiger partial charge in [-0.25, -0.2) is 0 Å². The Morgan fingerprint density at radius 2 is 2.26 bits per heavy atom. The van der Waals surface area contributed by atoms with Crippen LogP contribution in [-0.2, 0) is 6.54 Å². The molecule has 1 aromatic rings. The van der Waals surface area contributed by atoms with Gasteiger partial charge in [-0.2, -0.15) is 0 Å². The Kier molecular flexibility index (Phi) is 4.74. The summed E-state index contributed by atoms with van der Waals surface area (Å²) in [6, 6.07) is 4.57. The second-order valence-corrected chi connectivity index (χ2v) is 5.43. The lowest BCUT2D eigenvalue weighted by atomic mass is 10.1. The molecule has 104 valence electrons. The van der Waals surface area contributed by atoms with Gasteiger partial charge < -0.3 is 10.4 Å². The number of rotatable bonds is 5. The molecule has 1 aliphatic rings. The number of benzene rings is 1. The molecule has 1 saturated carbocycles. The molecule has 0 saturated heterocycles. The predicted octanol–water partition coefficient (Wildman–Crippen LogP) is 2.50. The quantitative estimate of drug-likeness (QED) is 0.643. The molecule has 2 rings (SSSR count). The van der Waals surface area contributed by atoms with Gasteiger partial charge in [-0.3, -0.25) is 10.1 Å². The highest BCUT2D eigenvalue weighted by Gasteiger charge is 2.22. The van der Waals surface area contributed by atoms with Crippen LogP contribution in [0.4, 0.5) is 5.69 Å². The molecule has 0 aromatic heterocycles. The van der Waals surface area contributed by atoms with Crippen LogP contribution in [0.3, 0.4) is 0 Å². The highest BCUT2D eigenvalue weighted by molar-refractivity contribution is 6.30. The maximum absolute atomic E-state index is 10.9. The molecule has 1 aliphatic carbocycles. The molecule has 0 aliphatic heterocycles. The van der Waals surface area contributed by atoms with E-state index in [0.717, 1.165) is 25.8 Å². The van der Waals surface area contributed by atoms with Crippen LogP contribution in [0.15, 0.2) is 18.2 Å². The molecule has 19 heavy (non-hydrogen) atoms. The van der Waals surface area contributed by atoms with Crippen LogP contribution < -0.4 is 5.32 Å². The summed E-state index contributed by atoms with van der Waals surface area (Å²) in [7, 11) is 0. The Morgan fingerprint density at radius 1 is 1.47 bits per heavy atom. The van der Waals surface area contributed by atoms with Crippen LogP contribution in [0.25, 0.3) is 0 Å². The first-order valence-electron chi connectivity index (χ1n) is 6.38. The van der Waals surface area contributed by atoms with Crippen molar-refractivity contribution in [2.24, 2.45) is 5.92 Å². The van der Waals surface area contributed by atoms with Crippen LogP contribution in [0.1, 0.15) is 24.8 Å². The van der Waals surface area contributed by atoms with Gasteiger partial charge in [0.25, 0.3) is 5.69 Å². The van der Waals surface area contributed by atoms with Crippen molar-refractivity contribution in [2.45, 2.75) is 31.9 Å². The third-order valence-corrected chi connectivity index (χ3v) is 3.74. The molecule has 0 heterocycles. The fourth-order valence-electron chi connectivity index (χ4n) is 2.52. The van der Waals surface area contributed by atoms with E-state index in [-0.39, 0.29) is 11.8 Å². The number of aliphatic hydroxyl groups is 1. The lowest BCUT2D eigenvalue weighted by Gasteiger charge is -2.11. The maximum Gasteiger partial charge on any atom is 0.273 e. The summed E-state index contributed by atoms with van der Waals surface area (Å²) in [6.45, 7) is 1.18. The summed E-state index contributed by atoms with van der Waals surface area (Å²) in [5.41, 5.74) is 0.680. The molecule has 2 N–H and O–H groups in total. The summed E-state index contributed by atoms with van der Waals surface area (Å²) < 4.78 is 0. The van der Waals surface area contributed by atoms with E-state index in [0.29, 0.717) is 23.0 Å². The van der Waals surface area contributed by atoms with Crippen molar-refractivity contribution >= 4 is 17.3 Å². The van der Waals surface area contributed by atoms with Gasteiger partial charge in [-0.05, 0) is 43.9 Å². The molecule has 2 unspecified atom stereocenters. The standard InChI is InChI=1S/C13H17ClN2O3/c14-11-2-4-13(16(18)19)10(6-11)8-15-7-9-1-3-12(17)5-9/h2,4,6,9,12,15,17H,1,3,5,7-8H2. The zero-order valence-corrected chi connectivity index (χ0v) is 11.3. The molecule has 1 aromatic carbocycles. The minimum Gasteiger partial charge on any atom is -0.393 e. The first-order chi connectivity index (χ1) is 9.06. The van der Waals surface area contributed by atoms with Gasteiger partial charge in [0.2, 0.25) is 0 Å². The van der Waals surface area contributed by atoms with Crippen molar-refractivity contribution in [3.05, 3.63) is 38.9 Å². The van der Waals surface area contributed by atoms with Gasteiger partial charge in [-0.1, -0.05) is 11.6 Å². The summed E-state index contributed by atoms with van der Waals surface area (Å²) in [5, 5.41) is 24.0. The van der Waals surface area contributed by atoms with Crippen molar-refractivity contribution < 1.29 is 10.0 Å². The normalized spacial score (nSPS) is 22.6. The number of halogens is 1. The predicted molar refractivity (Wildman–Crippen MR) is 73.2 cm³/mol. The van der Waals surface area contributed by atoms with Crippen molar-refractivity contribution in [1.82, 2.24) is 5.32 Å². The zero-order chi connectivity index (χ0) is 13.8. The minimum atomic E-state index is -0.396. The van der Waals surface area contributed by atoms with Gasteiger partial charge in [0.15, 0.2) is 0 Å². The van der Waals surface area contributed by atoms with Crippen molar-refractivity contribution in [2.75, 3.05) is 6.54 Å². The van der Waals surface area contributed by atoms with E-state index in [1.807, 2.05) is 0 Å². The number of hydrogen-bond donors (Lipinski definition) is 2. The SMILES string of the molecule is O=[N+]([O-])c1ccc(Cl)cc1CNCC1CCC(O)C1. The molecular formula is C13H17ClN2O3. The first kappa shape index (κ1) is 14.2. The maximum atomic E-state index is 10.9. The molecule has 1 fully saturated rings. The van der Waals surface area contributed by atoms with E-state index in [2.05, 4.69) is 5.32 Å². The zero-order valence-electron chi connectivity index (χ0n) is 10.5. The van der Waals surface area contributed by atoms with E-state index in [9.17, 15) is 15.2 Å². The van der Waals surface area contributed by atoms with E-state index < -0.39 is 4.92 Å². The van der Waals surface area contributed by atoms with Crippen molar-refractivity contribution in [3.8, 4) is 0 Å². The third-order valence-electron chi connectivity index (χ3n) is 3.50. The fourth-order valence-corrected chi connectivity index (χ4v) is 2.71. The Labute approximate surface area is 116 Å². The van der Waals surface area contributed by atoms with Crippen LogP contribution >= 0.6 is 11.6 Å². The van der Waals surface area contributed by atoms with Crippen LogP contribution in [-0.4, -0.2) is 22.7 Å². The Morgan fingerprint density at radius 3 is 2.89 bits per heavy atom. The van der Waals surface area contributed by atoms with E-state index >= 15 is 0 Å². The van der Waals surface area contributed by atoms with Gasteiger partial charge in [0.05, 0.1) is 11.0 Å². The van der Waals surface area contributed by atoms with E-state index in [4.69, 9.17) is 11.6 Å². The van der Waals surface area contributed by atoms with Crippen molar-refractivity contribution in [1.29, 1.82) is 0 Å². The molecule has 6 heteroatoms. The highest BCUT2D eigenvalue weighted by Crippen LogP contribution is 2.25. The molecule has 5 nitrogen and oxygen atoms in total. The Balaban J connectivity index is 1.91. The van der Waals surface area contributed by atoms with Crippen LogP contribution in [0.5, 0.6) is 0 Å². The van der Waals surface area contributed by atoms with Crippen LogP contribution in [0.2, 0.25) is 5.02 Å². The molecule has 2 atom stereocenters. The molecule has 0 bridgehead atoms. The van der Waals surface area contributed by atoms with Crippen LogP contribution in [0, 0.1) is 16.0 Å². The minimum absolute atomic E-state index is 0.0864. The van der Waals surface area contributed by atoms with E-state index in [1.54, 1.807) is 6.07 Å². The molecule has 0 radical (unpaired) electrons. The molecule has 0 spiro atoms. The Bertz CT molecular complexity index is 467. The summed E-state index contributed by atoms with van der Waals surface area (Å²) >= 11 is 5.86. The second kappa shape index (κ2) is 6.32. The number of nitrogens with one attached hydrogen (secondary N) is 1. The first-order valence-corrected chi connectivity index (χ1v) is 6.75. The number of nitrogens with zero attached hydrogens (tertiary/aromatic N) is 1. The number of nitro benzene ring substituents is 1. The summed E-state index contributed by atoms with van der Waals surface area (Å²) in [4.78, 5) is 10.5. The monoisotopic (exact) mass is 284 g/mol. The second-order valence-electron chi connectivity index (χ2n) is 4.99. The topological polar surface area (TPSA) is 75.4 Å². The van der Waals surface area contributed by atoms with E-state index in [1.165, 1.54) is 12.1 Å². The average molecular weight is 285 g/mol. The third kappa shape index (κ3) is 3.89. The average Bonchev–Trinajstić information content (AvgIpc) is 2.75. The van der Waals surface area contributed by atoms with Gasteiger partial charge in [-0.15, -0.1) is 0 Å². The molecule has 0 amide bonds. The Hall–Kier alpha value is -1.17. The van der Waals surface area contributed by atoms with Crippen molar-refractivity contribution in [3.63, 3.8) is 0 Å². The number of hydrogen-bond acceptors (Lipinski definition) is 4. The van der Waals surface area contributed by atoms with Gasteiger partial charge in [0, 0.05) is 23.2 Å². The lowest BCUT2D eigenvalue weighted by molar-refractivity contribution is -0.385. The molecular weight excluding hydrogens is 268 g/mol. The smallest absolute Gasteiger partial charge is 0.273 e.